The topological polar surface area (TPSA) is 57.4 Å². The summed E-state index contributed by atoms with van der Waals surface area (Å²) in [6.45, 7) is 4.54. The fraction of sp³-hybridized carbons (Fsp3) is 0.304. The van der Waals surface area contributed by atoms with Crippen LogP contribution in [0.2, 0.25) is 0 Å². The van der Waals surface area contributed by atoms with Crippen molar-refractivity contribution in [3.8, 4) is 22.3 Å². The van der Waals surface area contributed by atoms with Gasteiger partial charge in [0.2, 0.25) is 0 Å². The van der Waals surface area contributed by atoms with Gasteiger partial charge in [-0.25, -0.2) is 9.97 Å². The maximum Gasteiger partial charge on any atom is 0.0737 e. The van der Waals surface area contributed by atoms with Crippen LogP contribution >= 0.6 is 63.7 Å². The lowest BCUT2D eigenvalue weighted by molar-refractivity contribution is 0.631. The molecule has 2 aliphatic rings. The molecule has 0 spiro atoms. The third kappa shape index (κ3) is 8.52. The molecule has 8 heteroatoms. The average molecular weight is 975 g/mol. The van der Waals surface area contributed by atoms with Crippen LogP contribution in [0.4, 0.5) is 0 Å². The standard InChI is InChI=1S/C46H46Br4N4/c1-3-5-7-9-11-15-29-35-21-25-39(51-35)45(43-31(47)17-13-18-32(43)48)41-27-23-37(53-41)30(16-12-10-8-6-4-2)38-24-28-42(54-38)46(40-26-22-36(29)52-40)44-33(49)19-14-20-34(44)50/h13-14,17-28,51-52H,3-12,15-16H2,1-2H3. The highest BCUT2D eigenvalue weighted by molar-refractivity contribution is 9.11. The lowest BCUT2D eigenvalue weighted by atomic mass is 10.0. The molecule has 0 saturated carbocycles. The minimum atomic E-state index is 0.911. The zero-order chi connectivity index (χ0) is 37.6. The number of nitrogens with zero attached hydrogens (tertiary/aromatic N) is 2. The van der Waals surface area contributed by atoms with E-state index in [2.05, 4.69) is 173 Å². The summed E-state index contributed by atoms with van der Waals surface area (Å²) in [5.74, 6) is 0. The van der Waals surface area contributed by atoms with Crippen molar-refractivity contribution in [3.63, 3.8) is 0 Å². The van der Waals surface area contributed by atoms with Gasteiger partial charge in [0.1, 0.15) is 0 Å². The predicted molar refractivity (Wildman–Crippen MR) is 245 cm³/mol. The van der Waals surface area contributed by atoms with Crippen LogP contribution in [0.15, 0.2) is 78.6 Å². The van der Waals surface area contributed by atoms with Gasteiger partial charge in [0.05, 0.1) is 22.8 Å². The summed E-state index contributed by atoms with van der Waals surface area (Å²) in [6.07, 6.45) is 22.7. The molecule has 5 aromatic rings. The van der Waals surface area contributed by atoms with E-state index in [0.717, 1.165) is 111 Å². The van der Waals surface area contributed by atoms with Gasteiger partial charge < -0.3 is 9.97 Å². The van der Waals surface area contributed by atoms with Gasteiger partial charge in [0.25, 0.3) is 0 Å². The Kier molecular flexibility index (Phi) is 13.3. The molecule has 0 unspecified atom stereocenters. The van der Waals surface area contributed by atoms with Crippen molar-refractivity contribution >= 4 is 110 Å². The molecule has 0 fully saturated rings. The van der Waals surface area contributed by atoms with Crippen LogP contribution in [0.1, 0.15) is 112 Å². The molecular formula is C46H46Br4N4. The van der Waals surface area contributed by atoms with E-state index in [-0.39, 0.29) is 0 Å². The van der Waals surface area contributed by atoms with E-state index in [1.807, 2.05) is 0 Å². The minimum absolute atomic E-state index is 0.911. The Labute approximate surface area is 352 Å². The Balaban J connectivity index is 1.57. The van der Waals surface area contributed by atoms with Crippen LogP contribution in [0.5, 0.6) is 0 Å². The molecule has 278 valence electrons. The maximum absolute atomic E-state index is 5.45. The van der Waals surface area contributed by atoms with Crippen LogP contribution in [-0.2, 0) is 12.8 Å². The van der Waals surface area contributed by atoms with Gasteiger partial charge >= 0.3 is 0 Å². The fourth-order valence-corrected chi connectivity index (χ4v) is 10.4. The number of aromatic nitrogens is 4. The van der Waals surface area contributed by atoms with Crippen molar-refractivity contribution in [2.24, 2.45) is 0 Å². The van der Waals surface area contributed by atoms with E-state index < -0.39 is 0 Å². The summed E-state index contributed by atoms with van der Waals surface area (Å²) in [5, 5.41) is 0. The van der Waals surface area contributed by atoms with Crippen molar-refractivity contribution in [2.75, 3.05) is 0 Å². The molecule has 54 heavy (non-hydrogen) atoms. The zero-order valence-corrected chi connectivity index (χ0v) is 37.3. The second-order valence-corrected chi connectivity index (χ2v) is 17.6. The van der Waals surface area contributed by atoms with Gasteiger partial charge in [-0.3, -0.25) is 0 Å². The average Bonchev–Trinajstić information content (AvgIpc) is 4.00. The molecule has 4 nitrogen and oxygen atoms in total. The number of rotatable bonds is 14. The van der Waals surface area contributed by atoms with Gasteiger partial charge in [-0.1, -0.05) is 141 Å². The second kappa shape index (κ2) is 18.3. The van der Waals surface area contributed by atoms with E-state index in [0.29, 0.717) is 0 Å². The molecule has 0 amide bonds. The number of aromatic amines is 2. The highest BCUT2D eigenvalue weighted by atomic mass is 79.9. The fourth-order valence-electron chi connectivity index (χ4n) is 7.66. The summed E-state index contributed by atoms with van der Waals surface area (Å²) in [6, 6.07) is 21.5. The van der Waals surface area contributed by atoms with Crippen LogP contribution in [0.25, 0.3) is 68.6 Å². The van der Waals surface area contributed by atoms with Gasteiger partial charge in [-0.05, 0) is 104 Å². The van der Waals surface area contributed by atoms with Crippen LogP contribution in [-0.4, -0.2) is 19.9 Å². The number of fused-ring (bicyclic) bond motifs is 8. The van der Waals surface area contributed by atoms with Crippen molar-refractivity contribution in [1.29, 1.82) is 0 Å². The number of unbranched alkanes of at least 4 members (excludes halogenated alkanes) is 8. The number of hydrogen-bond donors (Lipinski definition) is 2. The minimum Gasteiger partial charge on any atom is -0.355 e. The number of hydrogen-bond acceptors (Lipinski definition) is 2. The van der Waals surface area contributed by atoms with Gasteiger partial charge in [0, 0.05) is 67.8 Å². The van der Waals surface area contributed by atoms with E-state index in [1.165, 1.54) is 62.5 Å². The van der Waals surface area contributed by atoms with Crippen molar-refractivity contribution in [2.45, 2.75) is 90.9 Å². The molecule has 0 saturated heterocycles. The number of halogens is 4. The lowest BCUT2D eigenvalue weighted by Crippen LogP contribution is -1.96. The third-order valence-electron chi connectivity index (χ3n) is 10.5. The van der Waals surface area contributed by atoms with Crippen molar-refractivity contribution in [1.82, 2.24) is 19.9 Å². The Morgan fingerprint density at radius 2 is 0.778 bits per heavy atom. The van der Waals surface area contributed by atoms with Gasteiger partial charge in [-0.2, -0.15) is 0 Å². The highest BCUT2D eigenvalue weighted by Gasteiger charge is 2.21. The number of aryl methyl sites for hydroxylation is 1. The van der Waals surface area contributed by atoms with E-state index in [9.17, 15) is 0 Å². The van der Waals surface area contributed by atoms with Crippen LogP contribution in [0.3, 0.4) is 0 Å². The summed E-state index contributed by atoms with van der Waals surface area (Å²) < 4.78 is 4.06. The quantitative estimate of drug-likeness (QED) is 0.107. The molecular weight excluding hydrogens is 928 g/mol. The largest absolute Gasteiger partial charge is 0.355 e. The van der Waals surface area contributed by atoms with Crippen LogP contribution < -0.4 is 0 Å². The van der Waals surface area contributed by atoms with E-state index in [4.69, 9.17) is 9.97 Å². The smallest absolute Gasteiger partial charge is 0.0737 e. The molecule has 0 aliphatic carbocycles. The van der Waals surface area contributed by atoms with Gasteiger partial charge in [-0.15, -0.1) is 0 Å². The Morgan fingerprint density at radius 3 is 1.20 bits per heavy atom. The Hall–Kier alpha value is -3.04. The Bertz CT molecular complexity index is 2190. The predicted octanol–water partition coefficient (Wildman–Crippen LogP) is 16.1. The first kappa shape index (κ1) is 39.2. The molecule has 2 aliphatic heterocycles. The van der Waals surface area contributed by atoms with Crippen LogP contribution in [0, 0.1) is 0 Å². The molecule has 0 radical (unpaired) electrons. The zero-order valence-electron chi connectivity index (χ0n) is 31.0. The molecule has 0 atom stereocenters. The lowest BCUT2D eigenvalue weighted by Gasteiger charge is -2.10. The SMILES string of the molecule is CCCCCCCc1c2nc(c(-c3c(Br)cccc3Br)c3ccc([nH]3)c(CCCCCCC)c3ccc([nH]3)c(-c3c(Br)cccc3Br)c3nc1C=C3)C=C2. The van der Waals surface area contributed by atoms with E-state index in [1.54, 1.807) is 0 Å². The molecule has 5 heterocycles. The highest BCUT2D eigenvalue weighted by Crippen LogP contribution is 2.42. The summed E-state index contributed by atoms with van der Waals surface area (Å²) >= 11 is 15.6. The first-order valence-corrected chi connectivity index (χ1v) is 22.6. The third-order valence-corrected chi connectivity index (χ3v) is 13.1. The first-order valence-electron chi connectivity index (χ1n) is 19.4. The van der Waals surface area contributed by atoms with Crippen molar-refractivity contribution < 1.29 is 0 Å². The normalized spacial score (nSPS) is 12.3. The first-order chi connectivity index (χ1) is 26.4. The number of nitrogens with one attached hydrogen (secondary N) is 2. The Morgan fingerprint density at radius 1 is 0.407 bits per heavy atom. The molecule has 2 N–H and O–H groups in total. The molecule has 2 aromatic carbocycles. The molecule has 8 bridgehead atoms. The summed E-state index contributed by atoms with van der Waals surface area (Å²) in [4.78, 5) is 18.7. The summed E-state index contributed by atoms with van der Waals surface area (Å²) in [7, 11) is 0. The monoisotopic (exact) mass is 970 g/mol. The van der Waals surface area contributed by atoms with Gasteiger partial charge in [0.15, 0.2) is 0 Å². The van der Waals surface area contributed by atoms with E-state index >= 15 is 0 Å². The molecule has 3 aromatic heterocycles. The maximum atomic E-state index is 5.45. The second-order valence-electron chi connectivity index (χ2n) is 14.2. The number of benzene rings is 2. The molecule has 7 rings (SSSR count). The number of H-pyrrole nitrogens is 2. The summed E-state index contributed by atoms with van der Waals surface area (Å²) in [5.41, 5.74) is 14.8. The van der Waals surface area contributed by atoms with Crippen molar-refractivity contribution in [3.05, 3.63) is 112 Å².